The van der Waals surface area contributed by atoms with Gasteiger partial charge in [-0.15, -0.1) is 0 Å². The Balaban J connectivity index is 1.80. The molecule has 0 spiro atoms. The molecule has 1 N–H and O–H groups in total. The quantitative estimate of drug-likeness (QED) is 0.763. The molecule has 0 aliphatic carbocycles. The molecule has 0 bridgehead atoms. The first-order valence-electron chi connectivity index (χ1n) is 8.87. The Kier molecular flexibility index (Phi) is 4.97. The van der Waals surface area contributed by atoms with Crippen LogP contribution in [0.15, 0.2) is 60.7 Å². The zero-order valence-electron chi connectivity index (χ0n) is 14.2. The first-order valence-corrected chi connectivity index (χ1v) is 9.25. The number of aromatic nitrogens is 1. The molecule has 1 aliphatic heterocycles. The van der Waals surface area contributed by atoms with Crippen LogP contribution in [0.4, 0.5) is 0 Å². The molecule has 1 fully saturated rings. The van der Waals surface area contributed by atoms with Gasteiger partial charge in [-0.2, -0.15) is 0 Å². The lowest BCUT2D eigenvalue weighted by Crippen LogP contribution is -2.33. The van der Waals surface area contributed by atoms with Gasteiger partial charge >= 0.3 is 0 Å². The van der Waals surface area contributed by atoms with Gasteiger partial charge in [-0.05, 0) is 42.8 Å². The number of benzene rings is 2. The number of hydrogen-bond acceptors (Lipinski definition) is 3. The number of hydrogen-bond donors (Lipinski definition) is 1. The first kappa shape index (κ1) is 16.5. The second-order valence-corrected chi connectivity index (χ2v) is 6.96. The fourth-order valence-electron chi connectivity index (χ4n) is 3.60. The summed E-state index contributed by atoms with van der Waals surface area (Å²) in [6.07, 6.45) is 1.14. The van der Waals surface area contributed by atoms with Crippen LogP contribution in [0.2, 0.25) is 5.02 Å². The Morgan fingerprint density at radius 3 is 2.80 bits per heavy atom. The first-order chi connectivity index (χ1) is 12.3. The predicted octanol–water partition coefficient (Wildman–Crippen LogP) is 4.27. The minimum absolute atomic E-state index is 0.128. The molecular formula is C21H22ClN3. The molecule has 1 atom stereocenters. The normalized spacial score (nSPS) is 17.3. The van der Waals surface area contributed by atoms with Crippen LogP contribution >= 0.6 is 11.6 Å². The maximum absolute atomic E-state index is 6.29. The number of nitrogens with zero attached hydrogens (tertiary/aromatic N) is 2. The van der Waals surface area contributed by atoms with E-state index in [4.69, 9.17) is 16.6 Å². The SMILES string of the molecule is Clc1cccc(C(c2ccc3ccccc3n2)N2CCCNCC2)c1. The monoisotopic (exact) mass is 351 g/mol. The van der Waals surface area contributed by atoms with Gasteiger partial charge in [0.05, 0.1) is 17.3 Å². The Labute approximate surface area is 153 Å². The van der Waals surface area contributed by atoms with E-state index >= 15 is 0 Å². The van der Waals surface area contributed by atoms with E-state index in [2.05, 4.69) is 52.7 Å². The van der Waals surface area contributed by atoms with Crippen LogP contribution in [-0.4, -0.2) is 36.1 Å². The minimum Gasteiger partial charge on any atom is -0.315 e. The summed E-state index contributed by atoms with van der Waals surface area (Å²) in [4.78, 5) is 7.50. The van der Waals surface area contributed by atoms with Crippen LogP contribution in [-0.2, 0) is 0 Å². The summed E-state index contributed by atoms with van der Waals surface area (Å²) in [5, 5.41) is 5.44. The van der Waals surface area contributed by atoms with Crippen molar-refractivity contribution in [2.75, 3.05) is 26.2 Å². The molecule has 25 heavy (non-hydrogen) atoms. The third-order valence-corrected chi connectivity index (χ3v) is 5.04. The van der Waals surface area contributed by atoms with Crippen molar-refractivity contribution < 1.29 is 0 Å². The third-order valence-electron chi connectivity index (χ3n) is 4.80. The van der Waals surface area contributed by atoms with Crippen molar-refractivity contribution in [3.8, 4) is 0 Å². The summed E-state index contributed by atoms with van der Waals surface area (Å²) in [5.41, 5.74) is 3.33. The van der Waals surface area contributed by atoms with Crippen molar-refractivity contribution in [3.63, 3.8) is 0 Å². The second kappa shape index (κ2) is 7.52. The van der Waals surface area contributed by atoms with Crippen LogP contribution < -0.4 is 5.32 Å². The number of nitrogens with one attached hydrogen (secondary N) is 1. The van der Waals surface area contributed by atoms with Gasteiger partial charge in [-0.1, -0.05) is 48.0 Å². The Bertz CT molecular complexity index is 856. The molecule has 1 aliphatic rings. The maximum atomic E-state index is 6.29. The highest BCUT2D eigenvalue weighted by atomic mass is 35.5. The maximum Gasteiger partial charge on any atom is 0.0777 e. The van der Waals surface area contributed by atoms with E-state index in [0.717, 1.165) is 48.8 Å². The van der Waals surface area contributed by atoms with Crippen LogP contribution in [0.25, 0.3) is 10.9 Å². The summed E-state index contributed by atoms with van der Waals surface area (Å²) < 4.78 is 0. The molecule has 0 saturated carbocycles. The fraction of sp³-hybridized carbons (Fsp3) is 0.286. The van der Waals surface area contributed by atoms with Gasteiger partial charge < -0.3 is 5.32 Å². The molecular weight excluding hydrogens is 330 g/mol. The zero-order valence-corrected chi connectivity index (χ0v) is 14.9. The van der Waals surface area contributed by atoms with Gasteiger partial charge in [0.2, 0.25) is 0 Å². The molecule has 3 aromatic rings. The molecule has 1 saturated heterocycles. The van der Waals surface area contributed by atoms with Crippen molar-refractivity contribution in [2.45, 2.75) is 12.5 Å². The van der Waals surface area contributed by atoms with Gasteiger partial charge in [0, 0.05) is 30.0 Å². The zero-order chi connectivity index (χ0) is 17.1. The van der Waals surface area contributed by atoms with Gasteiger partial charge in [-0.3, -0.25) is 9.88 Å². The number of rotatable bonds is 3. The molecule has 4 heteroatoms. The summed E-state index contributed by atoms with van der Waals surface area (Å²) in [6.45, 7) is 4.14. The van der Waals surface area contributed by atoms with Crippen LogP contribution in [0.5, 0.6) is 0 Å². The highest BCUT2D eigenvalue weighted by Crippen LogP contribution is 2.30. The van der Waals surface area contributed by atoms with Crippen LogP contribution in [0.3, 0.4) is 0 Å². The van der Waals surface area contributed by atoms with Crippen molar-refractivity contribution in [2.24, 2.45) is 0 Å². The fourth-order valence-corrected chi connectivity index (χ4v) is 3.80. The van der Waals surface area contributed by atoms with E-state index in [0.29, 0.717) is 0 Å². The third kappa shape index (κ3) is 3.69. The second-order valence-electron chi connectivity index (χ2n) is 6.53. The summed E-state index contributed by atoms with van der Waals surface area (Å²) >= 11 is 6.29. The Hall–Kier alpha value is -1.94. The minimum atomic E-state index is 0.128. The molecule has 1 aromatic heterocycles. The average molecular weight is 352 g/mol. The average Bonchev–Trinajstić information content (AvgIpc) is 2.91. The van der Waals surface area contributed by atoms with Crippen molar-refractivity contribution in [1.29, 1.82) is 0 Å². The summed E-state index contributed by atoms with van der Waals surface area (Å²) in [5.74, 6) is 0. The van der Waals surface area contributed by atoms with Crippen LogP contribution in [0.1, 0.15) is 23.7 Å². The van der Waals surface area contributed by atoms with Gasteiger partial charge in [0.1, 0.15) is 0 Å². The lowest BCUT2D eigenvalue weighted by atomic mass is 10.00. The lowest BCUT2D eigenvalue weighted by Gasteiger charge is -2.30. The van der Waals surface area contributed by atoms with E-state index in [-0.39, 0.29) is 6.04 Å². The van der Waals surface area contributed by atoms with Crippen molar-refractivity contribution in [1.82, 2.24) is 15.2 Å². The van der Waals surface area contributed by atoms with E-state index in [9.17, 15) is 0 Å². The molecule has 2 aromatic carbocycles. The molecule has 0 radical (unpaired) electrons. The highest BCUT2D eigenvalue weighted by molar-refractivity contribution is 6.30. The molecule has 3 nitrogen and oxygen atoms in total. The number of halogens is 1. The topological polar surface area (TPSA) is 28.2 Å². The van der Waals surface area contributed by atoms with Gasteiger partial charge in [0.15, 0.2) is 0 Å². The van der Waals surface area contributed by atoms with Crippen molar-refractivity contribution >= 4 is 22.5 Å². The van der Waals surface area contributed by atoms with E-state index in [1.54, 1.807) is 0 Å². The lowest BCUT2D eigenvalue weighted by molar-refractivity contribution is 0.237. The molecule has 128 valence electrons. The molecule has 2 heterocycles. The number of para-hydroxylation sites is 1. The largest absolute Gasteiger partial charge is 0.315 e. The standard InChI is InChI=1S/C21H22ClN3/c22-18-7-3-6-17(15-18)21(25-13-4-11-23-12-14-25)20-10-9-16-5-1-2-8-19(16)24-20/h1-3,5-10,15,21,23H,4,11-14H2. The van der Waals surface area contributed by atoms with E-state index in [1.807, 2.05) is 18.2 Å². The van der Waals surface area contributed by atoms with Crippen molar-refractivity contribution in [3.05, 3.63) is 76.9 Å². The summed E-state index contributed by atoms with van der Waals surface area (Å²) in [7, 11) is 0. The van der Waals surface area contributed by atoms with Gasteiger partial charge in [-0.25, -0.2) is 0 Å². The van der Waals surface area contributed by atoms with Gasteiger partial charge in [0.25, 0.3) is 0 Å². The molecule has 0 amide bonds. The molecule has 4 rings (SSSR count). The predicted molar refractivity (Wildman–Crippen MR) is 104 cm³/mol. The number of pyridine rings is 1. The highest BCUT2D eigenvalue weighted by Gasteiger charge is 2.24. The van der Waals surface area contributed by atoms with E-state index < -0.39 is 0 Å². The Morgan fingerprint density at radius 1 is 0.960 bits per heavy atom. The smallest absolute Gasteiger partial charge is 0.0777 e. The summed E-state index contributed by atoms with van der Waals surface area (Å²) in [6, 6.07) is 20.9. The molecule has 1 unspecified atom stereocenters. The van der Waals surface area contributed by atoms with Crippen LogP contribution in [0, 0.1) is 0 Å². The number of fused-ring (bicyclic) bond motifs is 1. The van der Waals surface area contributed by atoms with E-state index in [1.165, 1.54) is 10.9 Å². The Morgan fingerprint density at radius 2 is 1.88 bits per heavy atom.